The van der Waals surface area contributed by atoms with E-state index in [1.54, 1.807) is 0 Å². The molecule has 0 aliphatic heterocycles. The molecule has 0 aromatic heterocycles. The maximum absolute atomic E-state index is 8.36. The van der Waals surface area contributed by atoms with Gasteiger partial charge in [-0.2, -0.15) is 0 Å². The van der Waals surface area contributed by atoms with E-state index in [1.807, 2.05) is 0 Å². The molecule has 0 bridgehead atoms. The molecule has 0 aliphatic carbocycles. The summed E-state index contributed by atoms with van der Waals surface area (Å²) < 4.78 is 0. The van der Waals surface area contributed by atoms with Crippen molar-refractivity contribution in [1.29, 1.82) is 0 Å². The van der Waals surface area contributed by atoms with E-state index in [0.29, 0.717) is 0 Å². The van der Waals surface area contributed by atoms with E-state index in [0.717, 1.165) is 0 Å². The zero-order chi connectivity index (χ0) is 3.58. The van der Waals surface area contributed by atoms with Crippen LogP contribution in [0.15, 0.2) is 0 Å². The third-order valence-electron chi connectivity index (χ3n) is 0. The first-order chi connectivity index (χ1) is 1.73. The Morgan fingerprint density at radius 2 is 1.50 bits per heavy atom. The first kappa shape index (κ1) is 19.3. The highest BCUT2D eigenvalue weighted by molar-refractivity contribution is 3.83. The van der Waals surface area contributed by atoms with Crippen LogP contribution in [-0.4, -0.2) is 10.3 Å². The van der Waals surface area contributed by atoms with E-state index < -0.39 is 5.09 Å². The molecule has 0 rings (SSSR count). The molecule has 7 N–H and O–H groups in total. The quantitative estimate of drug-likeness (QED) is 0.288. The number of rotatable bonds is 0. The molecule has 0 heterocycles. The largest absolute Gasteiger partial charge is 0.344 e. The first-order valence-electron chi connectivity index (χ1n) is 0.565. The highest BCUT2D eigenvalue weighted by Gasteiger charge is 1.65. The third-order valence-corrected chi connectivity index (χ3v) is 0. The van der Waals surface area contributed by atoms with Gasteiger partial charge in [-0.25, -0.2) is 0 Å². The summed E-state index contributed by atoms with van der Waals surface area (Å²) in [6.45, 7) is 0. The van der Waals surface area contributed by atoms with Crippen LogP contribution < -0.4 is 12.3 Å². The van der Waals surface area contributed by atoms with Crippen LogP contribution in [0.5, 0.6) is 0 Å². The van der Waals surface area contributed by atoms with E-state index in [-0.39, 0.29) is 12.3 Å². The first-order valence-corrected chi connectivity index (χ1v) is 0.565. The van der Waals surface area contributed by atoms with Crippen LogP contribution in [0.1, 0.15) is 0 Å². The molecular formula is H7N3O3. The lowest BCUT2D eigenvalue weighted by molar-refractivity contribution is -0.742. The fourth-order valence-electron chi connectivity index (χ4n) is 0. The van der Waals surface area contributed by atoms with Gasteiger partial charge in [0.1, 0.15) is 0 Å². The van der Waals surface area contributed by atoms with Gasteiger partial charge in [-0.1, -0.05) is 0 Å². The van der Waals surface area contributed by atoms with Gasteiger partial charge in [0.05, 0.1) is 0 Å². The van der Waals surface area contributed by atoms with E-state index in [2.05, 4.69) is 0 Å². The van der Waals surface area contributed by atoms with Crippen LogP contribution in [0.25, 0.3) is 0 Å². The molecular weight excluding hydrogens is 90.0 g/mol. The van der Waals surface area contributed by atoms with E-state index in [4.69, 9.17) is 15.3 Å². The second-order valence-electron chi connectivity index (χ2n) is 0.238. The van der Waals surface area contributed by atoms with Crippen molar-refractivity contribution in [3.8, 4) is 0 Å². The standard InChI is InChI=1S/HNO3.2H3N/c2-1(3)4;;/h(H,2,3,4);2*1H3. The van der Waals surface area contributed by atoms with Crippen molar-refractivity contribution in [3.63, 3.8) is 0 Å². The molecule has 0 amide bonds. The molecule has 0 saturated heterocycles. The van der Waals surface area contributed by atoms with Crippen LogP contribution >= 0.6 is 0 Å². The fraction of sp³-hybridized carbons (Fsp3) is 0. The number of hydrogen-bond acceptors (Lipinski definition) is 4. The van der Waals surface area contributed by atoms with Crippen molar-refractivity contribution in [2.24, 2.45) is 0 Å². The molecule has 0 saturated carbocycles. The summed E-state index contributed by atoms with van der Waals surface area (Å²) in [7, 11) is 0. The predicted molar refractivity (Wildman–Crippen MR) is 18.8 cm³/mol. The van der Waals surface area contributed by atoms with Crippen LogP contribution in [0.4, 0.5) is 0 Å². The van der Waals surface area contributed by atoms with Crippen molar-refractivity contribution in [1.82, 2.24) is 12.3 Å². The molecule has 0 aromatic carbocycles. The second kappa shape index (κ2) is 8.92. The van der Waals surface area contributed by atoms with Crippen LogP contribution in [0.2, 0.25) is 0 Å². The van der Waals surface area contributed by atoms with Crippen molar-refractivity contribution in [2.75, 3.05) is 0 Å². The van der Waals surface area contributed by atoms with Gasteiger partial charge >= 0.3 is 0 Å². The molecule has 0 radical (unpaired) electrons. The summed E-state index contributed by atoms with van der Waals surface area (Å²) in [4.78, 5) is 8.36. The molecule has 0 atom stereocenters. The Morgan fingerprint density at radius 3 is 1.50 bits per heavy atom. The third kappa shape index (κ3) is 18.1. The predicted octanol–water partition coefficient (Wildman–Crippen LogP) is -0.0237. The maximum Gasteiger partial charge on any atom is 0.291 e. The lowest BCUT2D eigenvalue weighted by atomic mass is 13.1. The normalized spacial score (nSPS) is 4.00. The number of hydrogen-bond donors (Lipinski definition) is 3. The minimum absolute atomic E-state index is 0. The summed E-state index contributed by atoms with van der Waals surface area (Å²) in [6, 6.07) is 0. The topological polar surface area (TPSA) is 133 Å². The molecule has 6 heteroatoms. The molecule has 6 heavy (non-hydrogen) atoms. The van der Waals surface area contributed by atoms with Crippen molar-refractivity contribution >= 4 is 0 Å². The molecule has 0 aromatic rings. The van der Waals surface area contributed by atoms with E-state index in [1.165, 1.54) is 0 Å². The highest BCUT2D eigenvalue weighted by Crippen LogP contribution is 1.38. The highest BCUT2D eigenvalue weighted by atomic mass is 16.9. The summed E-state index contributed by atoms with van der Waals surface area (Å²) in [5.41, 5.74) is 0. The summed E-state index contributed by atoms with van der Waals surface area (Å²) in [5.74, 6) is 0. The summed E-state index contributed by atoms with van der Waals surface area (Å²) in [6.07, 6.45) is 0. The van der Waals surface area contributed by atoms with Gasteiger partial charge in [0.15, 0.2) is 0 Å². The molecule has 0 aliphatic rings. The van der Waals surface area contributed by atoms with Crippen molar-refractivity contribution < 1.29 is 10.3 Å². The monoisotopic (exact) mass is 97.0 g/mol. The van der Waals surface area contributed by atoms with E-state index in [9.17, 15) is 0 Å². The average Bonchev–Trinajstić information content (AvgIpc) is 0.811. The molecule has 0 unspecified atom stereocenters. The van der Waals surface area contributed by atoms with Gasteiger partial charge in [0.2, 0.25) is 0 Å². The fourth-order valence-corrected chi connectivity index (χ4v) is 0. The molecule has 0 fully saturated rings. The maximum atomic E-state index is 8.36. The van der Waals surface area contributed by atoms with Gasteiger partial charge in [0.25, 0.3) is 5.09 Å². The lowest BCUT2D eigenvalue weighted by Gasteiger charge is -1.56. The minimum atomic E-state index is -1.50. The molecule has 40 valence electrons. The zero-order valence-corrected chi connectivity index (χ0v) is 3.13. The Bertz CT molecular complexity index is 29.0. The minimum Gasteiger partial charge on any atom is -0.344 e. The smallest absolute Gasteiger partial charge is 0.291 e. The molecule has 6 nitrogen and oxygen atoms in total. The Balaban J connectivity index is -0.0000000450. The molecule has 0 spiro atoms. The van der Waals surface area contributed by atoms with Crippen LogP contribution in [0, 0.1) is 10.1 Å². The number of nitrogens with zero attached hydrogens (tertiary/aromatic N) is 1. The zero-order valence-electron chi connectivity index (χ0n) is 3.13. The van der Waals surface area contributed by atoms with Crippen molar-refractivity contribution in [2.45, 2.75) is 0 Å². The Labute approximate surface area is 34.0 Å². The van der Waals surface area contributed by atoms with Gasteiger partial charge < -0.3 is 17.5 Å². The van der Waals surface area contributed by atoms with Crippen molar-refractivity contribution in [3.05, 3.63) is 10.1 Å². The average molecular weight is 97.1 g/mol. The summed E-state index contributed by atoms with van der Waals surface area (Å²) >= 11 is 0. The van der Waals surface area contributed by atoms with Crippen LogP contribution in [0.3, 0.4) is 0 Å². The Kier molecular flexibility index (Phi) is 28.8. The van der Waals surface area contributed by atoms with Gasteiger partial charge in [0, 0.05) is 0 Å². The van der Waals surface area contributed by atoms with Gasteiger partial charge in [-0.3, -0.25) is 0 Å². The van der Waals surface area contributed by atoms with E-state index >= 15 is 0 Å². The lowest BCUT2D eigenvalue weighted by Crippen LogP contribution is -1.81. The second-order valence-corrected chi connectivity index (χ2v) is 0.238. The van der Waals surface area contributed by atoms with Gasteiger partial charge in [-0.15, -0.1) is 10.1 Å². The Morgan fingerprint density at radius 1 is 1.50 bits per heavy atom. The SMILES string of the molecule is N.N.O=[N+]([O-])O. The Hall–Kier alpha value is -0.880. The van der Waals surface area contributed by atoms with Crippen LogP contribution in [-0.2, 0) is 0 Å². The van der Waals surface area contributed by atoms with Gasteiger partial charge in [-0.05, 0) is 0 Å². The summed E-state index contributed by atoms with van der Waals surface area (Å²) in [5, 5.41) is 13.6.